The number of hydrogen-bond donors (Lipinski definition) is 1. The Labute approximate surface area is 224 Å². The third kappa shape index (κ3) is 5.72. The molecule has 0 aliphatic carbocycles. The zero-order valence-corrected chi connectivity index (χ0v) is 20.8. The van der Waals surface area contributed by atoms with Gasteiger partial charge in [0.1, 0.15) is 23.1 Å². The van der Waals surface area contributed by atoms with Crippen molar-refractivity contribution in [2.24, 2.45) is 5.10 Å². The first kappa shape index (κ1) is 27.7. The van der Waals surface area contributed by atoms with Crippen molar-refractivity contribution in [2.75, 3.05) is 19.6 Å². The number of hydrazone groups is 1. The van der Waals surface area contributed by atoms with Crippen LogP contribution < -0.4 is 19.6 Å². The zero-order chi connectivity index (χ0) is 29.0. The van der Waals surface area contributed by atoms with Crippen molar-refractivity contribution in [2.45, 2.75) is 19.1 Å². The topological polar surface area (TPSA) is 165 Å². The van der Waals surface area contributed by atoms with E-state index in [1.54, 1.807) is 12.1 Å². The number of cyclic esters (lactones) is 1. The summed E-state index contributed by atoms with van der Waals surface area (Å²) >= 11 is 0. The van der Waals surface area contributed by atoms with Gasteiger partial charge in [-0.05, 0) is 42.0 Å². The number of nitrogens with one attached hydrogen (secondary N) is 1. The van der Waals surface area contributed by atoms with Crippen LogP contribution >= 0.6 is 0 Å². The van der Waals surface area contributed by atoms with Gasteiger partial charge in [0.2, 0.25) is 0 Å². The first-order valence-electron chi connectivity index (χ1n) is 11.4. The number of hydrogen-bond acceptors (Lipinski definition) is 11. The molecule has 0 saturated heterocycles. The summed E-state index contributed by atoms with van der Waals surface area (Å²) in [6.07, 6.45) is -0.927. The fraction of sp³-hybridized carbons (Fsp3) is 0.200. The monoisotopic (exact) mass is 558 g/mol. The molecular formula is C25H20F2N4O9. The van der Waals surface area contributed by atoms with Gasteiger partial charge < -0.3 is 18.9 Å². The predicted molar refractivity (Wildman–Crippen MR) is 135 cm³/mol. The van der Waals surface area contributed by atoms with E-state index >= 15 is 0 Å². The standard InChI is InChI=1S/C25H20F2N4O9/c1-37-20-10-8-16-21(40-24(32)22(16)23(20)38-2)12-18(13-3-6-15(7-4-13)39-25(26)27)29-28-17-9-5-14(30(33)34)11-19(17)31(35)36/h3-11,21,25,28H,12H2,1-2H3/b29-18-. The second-order valence-electron chi connectivity index (χ2n) is 8.15. The minimum Gasteiger partial charge on any atom is -0.493 e. The average molecular weight is 558 g/mol. The maximum Gasteiger partial charge on any atom is 0.387 e. The lowest BCUT2D eigenvalue weighted by Crippen LogP contribution is -2.12. The van der Waals surface area contributed by atoms with Crippen molar-refractivity contribution in [1.29, 1.82) is 0 Å². The summed E-state index contributed by atoms with van der Waals surface area (Å²) in [7, 11) is 2.78. The lowest BCUT2D eigenvalue weighted by Gasteiger charge is -2.15. The SMILES string of the molecule is COc1ccc2c(c1OC)C(=O)OC2C/C(=N/Nc1ccc([N+](=O)[O-])cc1[N+](=O)[O-])c1ccc(OC(F)F)cc1. The van der Waals surface area contributed by atoms with E-state index in [0.717, 1.165) is 18.2 Å². The Bertz CT molecular complexity index is 1500. The summed E-state index contributed by atoms with van der Waals surface area (Å²) in [5.41, 5.74) is 2.51. The summed E-state index contributed by atoms with van der Waals surface area (Å²) in [4.78, 5) is 33.8. The number of alkyl halides is 2. The number of non-ortho nitro benzene ring substituents is 1. The maximum atomic E-state index is 12.7. The van der Waals surface area contributed by atoms with Gasteiger partial charge in [0.25, 0.3) is 5.69 Å². The average Bonchev–Trinajstić information content (AvgIpc) is 3.25. The van der Waals surface area contributed by atoms with Crippen LogP contribution in [0.2, 0.25) is 0 Å². The summed E-state index contributed by atoms with van der Waals surface area (Å²) in [5, 5.41) is 26.9. The summed E-state index contributed by atoms with van der Waals surface area (Å²) in [6.45, 7) is -3.04. The molecule has 1 aliphatic heterocycles. The highest BCUT2D eigenvalue weighted by Gasteiger charge is 2.36. The second kappa shape index (κ2) is 11.6. The molecule has 4 rings (SSSR count). The first-order chi connectivity index (χ1) is 19.1. The lowest BCUT2D eigenvalue weighted by atomic mass is 9.97. The van der Waals surface area contributed by atoms with Crippen molar-refractivity contribution in [1.82, 2.24) is 0 Å². The number of carbonyl (C=O) groups excluding carboxylic acids is 1. The highest BCUT2D eigenvalue weighted by molar-refractivity contribution is 6.03. The number of nitrogens with zero attached hydrogens (tertiary/aromatic N) is 3. The largest absolute Gasteiger partial charge is 0.493 e. The van der Waals surface area contributed by atoms with Crippen LogP contribution in [0, 0.1) is 20.2 Å². The Kier molecular flexibility index (Phi) is 8.02. The van der Waals surface area contributed by atoms with E-state index < -0.39 is 39.9 Å². The van der Waals surface area contributed by atoms with E-state index in [2.05, 4.69) is 15.3 Å². The Morgan fingerprint density at radius 2 is 1.77 bits per heavy atom. The highest BCUT2D eigenvalue weighted by atomic mass is 19.3. The smallest absolute Gasteiger partial charge is 0.387 e. The van der Waals surface area contributed by atoms with Gasteiger partial charge in [-0.1, -0.05) is 6.07 Å². The molecule has 1 atom stereocenters. The number of nitro benzene ring substituents is 2. The number of benzene rings is 3. The van der Waals surface area contributed by atoms with Crippen molar-refractivity contribution < 1.29 is 42.4 Å². The van der Waals surface area contributed by atoms with Gasteiger partial charge in [-0.3, -0.25) is 25.7 Å². The van der Waals surface area contributed by atoms with Crippen LogP contribution in [0.25, 0.3) is 0 Å². The van der Waals surface area contributed by atoms with Crippen molar-refractivity contribution in [3.05, 3.63) is 91.5 Å². The van der Waals surface area contributed by atoms with Crippen molar-refractivity contribution in [3.63, 3.8) is 0 Å². The number of esters is 1. The van der Waals surface area contributed by atoms with Gasteiger partial charge >= 0.3 is 18.3 Å². The molecule has 40 heavy (non-hydrogen) atoms. The molecule has 0 saturated carbocycles. The summed E-state index contributed by atoms with van der Waals surface area (Å²) in [6, 6.07) is 11.6. The van der Waals surface area contributed by atoms with Crippen LogP contribution in [0.15, 0.2) is 59.7 Å². The van der Waals surface area contributed by atoms with Gasteiger partial charge in [-0.15, -0.1) is 0 Å². The van der Waals surface area contributed by atoms with E-state index in [-0.39, 0.29) is 34.9 Å². The number of nitro groups is 2. The molecular weight excluding hydrogens is 538 g/mol. The molecule has 13 nitrogen and oxygen atoms in total. The minimum absolute atomic E-state index is 0.0585. The van der Waals surface area contributed by atoms with E-state index in [1.165, 1.54) is 38.5 Å². The number of rotatable bonds is 11. The number of methoxy groups -OCH3 is 2. The number of halogens is 2. The number of fused-ring (bicyclic) bond motifs is 1. The summed E-state index contributed by atoms with van der Waals surface area (Å²) < 4.78 is 45.8. The number of anilines is 1. The molecule has 3 aromatic rings. The third-order valence-electron chi connectivity index (χ3n) is 5.87. The molecule has 0 aromatic heterocycles. The molecule has 1 unspecified atom stereocenters. The quantitative estimate of drug-likeness (QED) is 0.142. The molecule has 1 aliphatic rings. The molecule has 1 heterocycles. The van der Waals surface area contributed by atoms with E-state index in [4.69, 9.17) is 14.2 Å². The Morgan fingerprint density at radius 3 is 2.38 bits per heavy atom. The number of ether oxygens (including phenoxy) is 4. The van der Waals surface area contributed by atoms with Crippen LogP contribution in [0.5, 0.6) is 17.2 Å². The molecule has 208 valence electrons. The molecule has 3 aromatic carbocycles. The Morgan fingerprint density at radius 1 is 1.05 bits per heavy atom. The fourth-order valence-corrected chi connectivity index (χ4v) is 4.06. The molecule has 0 radical (unpaired) electrons. The highest BCUT2D eigenvalue weighted by Crippen LogP contribution is 2.43. The van der Waals surface area contributed by atoms with Gasteiger partial charge in [0.05, 0.1) is 35.8 Å². The Hall–Kier alpha value is -5.34. The zero-order valence-electron chi connectivity index (χ0n) is 20.8. The van der Waals surface area contributed by atoms with Crippen LogP contribution in [0.4, 0.5) is 25.8 Å². The van der Waals surface area contributed by atoms with E-state index in [0.29, 0.717) is 16.9 Å². The van der Waals surface area contributed by atoms with Gasteiger partial charge in [-0.2, -0.15) is 13.9 Å². The molecule has 15 heteroatoms. The van der Waals surface area contributed by atoms with E-state index in [1.807, 2.05) is 0 Å². The van der Waals surface area contributed by atoms with Gasteiger partial charge in [0, 0.05) is 18.1 Å². The molecule has 0 bridgehead atoms. The lowest BCUT2D eigenvalue weighted by molar-refractivity contribution is -0.393. The normalized spacial score (nSPS) is 14.4. The van der Waals surface area contributed by atoms with Crippen LogP contribution in [0.3, 0.4) is 0 Å². The third-order valence-corrected chi connectivity index (χ3v) is 5.87. The van der Waals surface area contributed by atoms with E-state index in [9.17, 15) is 33.8 Å². The van der Waals surface area contributed by atoms with Crippen LogP contribution in [-0.2, 0) is 4.74 Å². The second-order valence-corrected chi connectivity index (χ2v) is 8.15. The minimum atomic E-state index is -3.04. The van der Waals surface area contributed by atoms with Crippen molar-refractivity contribution >= 4 is 28.7 Å². The number of carbonyl (C=O) groups is 1. The van der Waals surface area contributed by atoms with Gasteiger partial charge in [0.15, 0.2) is 11.5 Å². The first-order valence-corrected chi connectivity index (χ1v) is 11.4. The van der Waals surface area contributed by atoms with Crippen LogP contribution in [0.1, 0.15) is 34.0 Å². The molecule has 0 spiro atoms. The predicted octanol–water partition coefficient (Wildman–Crippen LogP) is 5.24. The molecule has 0 amide bonds. The molecule has 1 N–H and O–H groups in total. The van der Waals surface area contributed by atoms with Gasteiger partial charge in [-0.25, -0.2) is 4.79 Å². The maximum absolute atomic E-state index is 12.7. The fourth-order valence-electron chi connectivity index (χ4n) is 4.06. The molecule has 0 fully saturated rings. The Balaban J connectivity index is 1.73. The van der Waals surface area contributed by atoms with Crippen molar-refractivity contribution in [3.8, 4) is 17.2 Å². The summed E-state index contributed by atoms with van der Waals surface area (Å²) in [5.74, 6) is -0.296. The van der Waals surface area contributed by atoms with Crippen LogP contribution in [-0.4, -0.2) is 42.4 Å².